The van der Waals surface area contributed by atoms with Gasteiger partial charge in [0.05, 0.1) is 5.56 Å². The smallest absolute Gasteiger partial charge is 0.338 e. The topological polar surface area (TPSA) is 55.4 Å². The monoisotopic (exact) mass is 331 g/mol. The maximum atomic E-state index is 11.8. The highest BCUT2D eigenvalue weighted by molar-refractivity contribution is 6.30. The fourth-order valence-corrected chi connectivity index (χ4v) is 2.14. The SMILES string of the molecule is C[C@@H](CNC(=O)COC(=O)c1ccc(Cl)cc1)c1ccccc1. The summed E-state index contributed by atoms with van der Waals surface area (Å²) < 4.78 is 4.97. The van der Waals surface area contributed by atoms with Crippen LogP contribution in [0.2, 0.25) is 5.02 Å². The van der Waals surface area contributed by atoms with Gasteiger partial charge in [-0.25, -0.2) is 4.79 Å². The number of nitrogens with one attached hydrogen (secondary N) is 1. The lowest BCUT2D eigenvalue weighted by molar-refractivity contribution is -0.124. The van der Waals surface area contributed by atoms with E-state index in [-0.39, 0.29) is 18.4 Å². The zero-order valence-electron chi connectivity index (χ0n) is 12.8. The molecule has 0 fully saturated rings. The Kier molecular flexibility index (Phi) is 6.18. The zero-order valence-corrected chi connectivity index (χ0v) is 13.5. The number of carbonyl (C=O) groups is 2. The predicted octanol–water partition coefficient (Wildman–Crippen LogP) is 3.42. The summed E-state index contributed by atoms with van der Waals surface area (Å²) in [6.07, 6.45) is 0. The maximum absolute atomic E-state index is 11.8. The number of ether oxygens (including phenoxy) is 1. The van der Waals surface area contributed by atoms with E-state index in [1.807, 2.05) is 37.3 Å². The normalized spacial score (nSPS) is 11.6. The van der Waals surface area contributed by atoms with Gasteiger partial charge in [-0.2, -0.15) is 0 Å². The third kappa shape index (κ3) is 5.42. The van der Waals surface area contributed by atoms with Crippen molar-refractivity contribution in [2.24, 2.45) is 0 Å². The molecule has 0 aromatic heterocycles. The van der Waals surface area contributed by atoms with Gasteiger partial charge in [-0.05, 0) is 35.7 Å². The van der Waals surface area contributed by atoms with Crippen molar-refractivity contribution in [2.75, 3.05) is 13.2 Å². The molecule has 0 saturated carbocycles. The Labute approximate surface area is 140 Å². The minimum Gasteiger partial charge on any atom is -0.452 e. The molecule has 0 heterocycles. The first-order valence-electron chi connectivity index (χ1n) is 7.30. The van der Waals surface area contributed by atoms with Gasteiger partial charge in [0.25, 0.3) is 5.91 Å². The van der Waals surface area contributed by atoms with Crippen LogP contribution in [0, 0.1) is 0 Å². The summed E-state index contributed by atoms with van der Waals surface area (Å²) in [4.78, 5) is 23.5. The average molecular weight is 332 g/mol. The summed E-state index contributed by atoms with van der Waals surface area (Å²) >= 11 is 5.75. The second-order valence-electron chi connectivity index (χ2n) is 5.20. The second kappa shape index (κ2) is 8.34. The Morgan fingerprint density at radius 2 is 1.74 bits per heavy atom. The van der Waals surface area contributed by atoms with Crippen LogP contribution in [0.4, 0.5) is 0 Å². The first-order valence-corrected chi connectivity index (χ1v) is 7.68. The van der Waals surface area contributed by atoms with Crippen LogP contribution >= 0.6 is 11.6 Å². The number of carbonyl (C=O) groups excluding carboxylic acids is 2. The van der Waals surface area contributed by atoms with E-state index in [0.717, 1.165) is 5.56 Å². The summed E-state index contributed by atoms with van der Waals surface area (Å²) in [5.41, 5.74) is 1.51. The van der Waals surface area contributed by atoms with Crippen LogP contribution in [0.25, 0.3) is 0 Å². The van der Waals surface area contributed by atoms with Crippen LogP contribution in [-0.4, -0.2) is 25.0 Å². The number of esters is 1. The minimum atomic E-state index is -0.548. The largest absolute Gasteiger partial charge is 0.452 e. The molecule has 1 amide bonds. The van der Waals surface area contributed by atoms with Gasteiger partial charge in [-0.15, -0.1) is 0 Å². The molecular formula is C18H18ClNO3. The molecular weight excluding hydrogens is 314 g/mol. The second-order valence-corrected chi connectivity index (χ2v) is 5.64. The number of rotatable bonds is 6. The Hall–Kier alpha value is -2.33. The Morgan fingerprint density at radius 1 is 1.09 bits per heavy atom. The van der Waals surface area contributed by atoms with Crippen molar-refractivity contribution < 1.29 is 14.3 Å². The number of halogens is 1. The van der Waals surface area contributed by atoms with E-state index in [0.29, 0.717) is 17.1 Å². The van der Waals surface area contributed by atoms with Gasteiger partial charge in [0.2, 0.25) is 0 Å². The van der Waals surface area contributed by atoms with Crippen LogP contribution < -0.4 is 5.32 Å². The van der Waals surface area contributed by atoms with Gasteiger partial charge in [0.1, 0.15) is 0 Å². The van der Waals surface area contributed by atoms with Crippen LogP contribution in [-0.2, 0) is 9.53 Å². The van der Waals surface area contributed by atoms with E-state index >= 15 is 0 Å². The molecule has 1 N–H and O–H groups in total. The molecule has 0 radical (unpaired) electrons. The third-order valence-electron chi connectivity index (χ3n) is 3.39. The summed E-state index contributed by atoms with van der Waals surface area (Å²) in [6.45, 7) is 2.21. The van der Waals surface area contributed by atoms with Gasteiger partial charge in [-0.3, -0.25) is 4.79 Å². The van der Waals surface area contributed by atoms with Gasteiger partial charge in [0, 0.05) is 11.6 Å². The highest BCUT2D eigenvalue weighted by Gasteiger charge is 2.11. The summed E-state index contributed by atoms with van der Waals surface area (Å²) in [5.74, 6) is -0.685. The number of benzene rings is 2. The Bertz CT molecular complexity index is 656. The average Bonchev–Trinajstić information content (AvgIpc) is 2.59. The quantitative estimate of drug-likeness (QED) is 0.825. The molecule has 2 aromatic rings. The Balaban J connectivity index is 1.75. The maximum Gasteiger partial charge on any atom is 0.338 e. The predicted molar refractivity (Wildman–Crippen MR) is 89.6 cm³/mol. The lowest BCUT2D eigenvalue weighted by Gasteiger charge is -2.13. The van der Waals surface area contributed by atoms with Crippen molar-refractivity contribution in [2.45, 2.75) is 12.8 Å². The fraction of sp³-hybridized carbons (Fsp3) is 0.222. The first-order chi connectivity index (χ1) is 11.1. The molecule has 5 heteroatoms. The molecule has 120 valence electrons. The first kappa shape index (κ1) is 17.0. The molecule has 23 heavy (non-hydrogen) atoms. The van der Waals surface area contributed by atoms with Crippen molar-refractivity contribution >= 4 is 23.5 Å². The lowest BCUT2D eigenvalue weighted by Crippen LogP contribution is -2.31. The van der Waals surface area contributed by atoms with E-state index in [1.165, 1.54) is 0 Å². The van der Waals surface area contributed by atoms with Gasteiger partial charge in [-0.1, -0.05) is 48.9 Å². The summed E-state index contributed by atoms with van der Waals surface area (Å²) in [6, 6.07) is 16.2. The van der Waals surface area contributed by atoms with E-state index < -0.39 is 5.97 Å². The molecule has 0 aliphatic rings. The van der Waals surface area contributed by atoms with Crippen LogP contribution in [0.3, 0.4) is 0 Å². The molecule has 0 aliphatic heterocycles. The molecule has 0 saturated heterocycles. The van der Waals surface area contributed by atoms with Crippen molar-refractivity contribution in [1.29, 1.82) is 0 Å². The standard InChI is InChI=1S/C18H18ClNO3/c1-13(14-5-3-2-4-6-14)11-20-17(21)12-23-18(22)15-7-9-16(19)10-8-15/h2-10,13H,11-12H2,1H3,(H,20,21)/t13-/m0/s1. The molecule has 2 rings (SSSR count). The summed E-state index contributed by atoms with van der Waals surface area (Å²) in [7, 11) is 0. The summed E-state index contributed by atoms with van der Waals surface area (Å²) in [5, 5.41) is 3.30. The molecule has 0 bridgehead atoms. The molecule has 0 unspecified atom stereocenters. The van der Waals surface area contributed by atoms with Crippen molar-refractivity contribution in [1.82, 2.24) is 5.32 Å². The number of hydrogen-bond donors (Lipinski definition) is 1. The van der Waals surface area contributed by atoms with Crippen LogP contribution in [0.15, 0.2) is 54.6 Å². The van der Waals surface area contributed by atoms with Crippen molar-refractivity contribution in [3.05, 3.63) is 70.7 Å². The van der Waals surface area contributed by atoms with Gasteiger partial charge < -0.3 is 10.1 Å². The zero-order chi connectivity index (χ0) is 16.7. The Morgan fingerprint density at radius 3 is 2.39 bits per heavy atom. The van der Waals surface area contributed by atoms with Gasteiger partial charge in [0.15, 0.2) is 6.61 Å². The number of amides is 1. The van der Waals surface area contributed by atoms with Crippen LogP contribution in [0.1, 0.15) is 28.8 Å². The van der Waals surface area contributed by atoms with Crippen molar-refractivity contribution in [3.8, 4) is 0 Å². The molecule has 0 aliphatic carbocycles. The van der Waals surface area contributed by atoms with Crippen LogP contribution in [0.5, 0.6) is 0 Å². The lowest BCUT2D eigenvalue weighted by atomic mass is 10.0. The molecule has 1 atom stereocenters. The molecule has 0 spiro atoms. The van der Waals surface area contributed by atoms with E-state index in [9.17, 15) is 9.59 Å². The van der Waals surface area contributed by atoms with E-state index in [2.05, 4.69) is 5.32 Å². The minimum absolute atomic E-state index is 0.187. The highest BCUT2D eigenvalue weighted by Crippen LogP contribution is 2.13. The van der Waals surface area contributed by atoms with Crippen molar-refractivity contribution in [3.63, 3.8) is 0 Å². The molecule has 2 aromatic carbocycles. The third-order valence-corrected chi connectivity index (χ3v) is 3.64. The molecule has 4 nitrogen and oxygen atoms in total. The number of hydrogen-bond acceptors (Lipinski definition) is 3. The van der Waals surface area contributed by atoms with Gasteiger partial charge >= 0.3 is 5.97 Å². The fourth-order valence-electron chi connectivity index (χ4n) is 2.02. The van der Waals surface area contributed by atoms with E-state index in [1.54, 1.807) is 24.3 Å². The van der Waals surface area contributed by atoms with E-state index in [4.69, 9.17) is 16.3 Å². The highest BCUT2D eigenvalue weighted by atomic mass is 35.5.